The van der Waals surface area contributed by atoms with Crippen LogP contribution in [0.2, 0.25) is 0 Å². The van der Waals surface area contributed by atoms with Crippen molar-refractivity contribution in [1.82, 2.24) is 5.32 Å². The van der Waals surface area contributed by atoms with Crippen molar-refractivity contribution in [3.8, 4) is 0 Å². The van der Waals surface area contributed by atoms with Crippen LogP contribution in [0.3, 0.4) is 0 Å². The van der Waals surface area contributed by atoms with Crippen LogP contribution in [-0.4, -0.2) is 35.0 Å². The predicted octanol–water partition coefficient (Wildman–Crippen LogP) is 2.79. The third-order valence-corrected chi connectivity index (χ3v) is 3.43. The molecule has 1 atom stereocenters. The number of benzene rings is 1. The molecule has 0 fully saturated rings. The van der Waals surface area contributed by atoms with Crippen molar-refractivity contribution < 1.29 is 19.1 Å². The summed E-state index contributed by atoms with van der Waals surface area (Å²) in [6, 6.07) is 3.86. The van der Waals surface area contributed by atoms with Gasteiger partial charge in [-0.25, -0.2) is 9.18 Å². The Hall–Kier alpha value is -1.82. The Morgan fingerprint density at radius 2 is 2.19 bits per heavy atom. The SMILES string of the molecule is CSCCC(C)NC(=O)c1cc(/C=C/C(=O)O)ccc1F. The van der Waals surface area contributed by atoms with Gasteiger partial charge in [0.2, 0.25) is 0 Å². The van der Waals surface area contributed by atoms with Crippen LogP contribution in [0.25, 0.3) is 6.08 Å². The minimum absolute atomic E-state index is 0.0532. The minimum atomic E-state index is -1.10. The lowest BCUT2D eigenvalue weighted by molar-refractivity contribution is -0.131. The molecule has 0 aliphatic rings. The number of carboxylic acids is 1. The van der Waals surface area contributed by atoms with Gasteiger partial charge in [-0.3, -0.25) is 4.79 Å². The van der Waals surface area contributed by atoms with Crippen LogP contribution >= 0.6 is 11.8 Å². The van der Waals surface area contributed by atoms with Crippen LogP contribution in [-0.2, 0) is 4.79 Å². The van der Waals surface area contributed by atoms with E-state index in [1.54, 1.807) is 11.8 Å². The van der Waals surface area contributed by atoms with Gasteiger partial charge in [0.15, 0.2) is 0 Å². The van der Waals surface area contributed by atoms with Gasteiger partial charge in [-0.1, -0.05) is 6.07 Å². The lowest BCUT2D eigenvalue weighted by Gasteiger charge is -2.13. The van der Waals surface area contributed by atoms with Crippen molar-refractivity contribution in [2.75, 3.05) is 12.0 Å². The number of hydrogen-bond donors (Lipinski definition) is 2. The van der Waals surface area contributed by atoms with Crippen LogP contribution in [0.5, 0.6) is 0 Å². The molecule has 4 nitrogen and oxygen atoms in total. The first-order valence-corrected chi connectivity index (χ1v) is 7.83. The van der Waals surface area contributed by atoms with E-state index in [0.29, 0.717) is 5.56 Å². The van der Waals surface area contributed by atoms with Crippen molar-refractivity contribution in [2.45, 2.75) is 19.4 Å². The fourth-order valence-electron chi connectivity index (χ4n) is 1.66. The number of amides is 1. The molecule has 1 unspecified atom stereocenters. The molecule has 0 aliphatic carbocycles. The molecule has 0 bridgehead atoms. The molecule has 0 radical (unpaired) electrons. The Labute approximate surface area is 127 Å². The van der Waals surface area contributed by atoms with Crippen LogP contribution in [0.15, 0.2) is 24.3 Å². The van der Waals surface area contributed by atoms with Crippen molar-refractivity contribution in [3.63, 3.8) is 0 Å². The van der Waals surface area contributed by atoms with Crippen LogP contribution in [0, 0.1) is 5.82 Å². The molecular weight excluding hydrogens is 293 g/mol. The summed E-state index contributed by atoms with van der Waals surface area (Å²) in [4.78, 5) is 22.5. The summed E-state index contributed by atoms with van der Waals surface area (Å²) in [5.41, 5.74) is 0.374. The van der Waals surface area contributed by atoms with E-state index in [1.165, 1.54) is 18.2 Å². The van der Waals surface area contributed by atoms with E-state index in [0.717, 1.165) is 24.3 Å². The second kappa shape index (κ2) is 8.46. The average Bonchev–Trinajstić information content (AvgIpc) is 2.43. The third-order valence-electron chi connectivity index (χ3n) is 2.79. The molecule has 6 heteroatoms. The molecule has 114 valence electrons. The van der Waals surface area contributed by atoms with Crippen LogP contribution in [0.1, 0.15) is 29.3 Å². The maximum atomic E-state index is 13.7. The van der Waals surface area contributed by atoms with Gasteiger partial charge in [0.25, 0.3) is 5.91 Å². The van der Waals surface area contributed by atoms with E-state index >= 15 is 0 Å². The normalized spacial score (nSPS) is 12.3. The molecule has 0 aromatic heterocycles. The van der Waals surface area contributed by atoms with Gasteiger partial charge >= 0.3 is 5.97 Å². The monoisotopic (exact) mass is 311 g/mol. The molecule has 0 aliphatic heterocycles. The van der Waals surface area contributed by atoms with Crippen LogP contribution in [0.4, 0.5) is 4.39 Å². The van der Waals surface area contributed by atoms with Gasteiger partial charge in [0.05, 0.1) is 5.56 Å². The number of nitrogens with one attached hydrogen (secondary N) is 1. The third kappa shape index (κ3) is 5.99. The standard InChI is InChI=1S/C15H18FNO3S/c1-10(7-8-21-2)17-15(20)12-9-11(3-5-13(12)16)4-6-14(18)19/h3-6,9-10H,7-8H2,1-2H3,(H,17,20)(H,18,19)/b6-4+. The zero-order valence-corrected chi connectivity index (χ0v) is 12.7. The van der Waals surface area contributed by atoms with Gasteiger partial charge in [0, 0.05) is 12.1 Å². The topological polar surface area (TPSA) is 66.4 Å². The van der Waals surface area contributed by atoms with Crippen molar-refractivity contribution >= 4 is 29.7 Å². The number of thioether (sulfide) groups is 1. The fraction of sp³-hybridized carbons (Fsp3) is 0.333. The van der Waals surface area contributed by atoms with E-state index in [1.807, 2.05) is 13.2 Å². The average molecular weight is 311 g/mol. The highest BCUT2D eigenvalue weighted by molar-refractivity contribution is 7.98. The quantitative estimate of drug-likeness (QED) is 0.760. The highest BCUT2D eigenvalue weighted by Gasteiger charge is 2.14. The summed E-state index contributed by atoms with van der Waals surface area (Å²) in [5, 5.41) is 11.3. The van der Waals surface area contributed by atoms with Crippen molar-refractivity contribution in [3.05, 3.63) is 41.2 Å². The number of rotatable bonds is 7. The first-order chi connectivity index (χ1) is 9.93. The first-order valence-electron chi connectivity index (χ1n) is 6.44. The van der Waals surface area contributed by atoms with E-state index in [2.05, 4.69) is 5.32 Å². The van der Waals surface area contributed by atoms with E-state index in [9.17, 15) is 14.0 Å². The number of hydrogen-bond acceptors (Lipinski definition) is 3. The highest BCUT2D eigenvalue weighted by Crippen LogP contribution is 2.13. The lowest BCUT2D eigenvalue weighted by Crippen LogP contribution is -2.33. The molecule has 1 aromatic rings. The summed E-state index contributed by atoms with van der Waals surface area (Å²) in [5.74, 6) is -1.31. The number of carbonyl (C=O) groups is 2. The van der Waals surface area contributed by atoms with E-state index < -0.39 is 17.7 Å². The lowest BCUT2D eigenvalue weighted by atomic mass is 10.1. The van der Waals surface area contributed by atoms with Gasteiger partial charge in [-0.15, -0.1) is 0 Å². The minimum Gasteiger partial charge on any atom is -0.478 e. The van der Waals surface area contributed by atoms with Crippen molar-refractivity contribution in [1.29, 1.82) is 0 Å². The fourth-order valence-corrected chi connectivity index (χ4v) is 2.25. The number of aliphatic carboxylic acids is 1. The van der Waals surface area contributed by atoms with Gasteiger partial charge < -0.3 is 10.4 Å². The summed E-state index contributed by atoms with van der Waals surface area (Å²) >= 11 is 1.68. The first kappa shape index (κ1) is 17.2. The molecule has 21 heavy (non-hydrogen) atoms. The van der Waals surface area contributed by atoms with Crippen LogP contribution < -0.4 is 5.32 Å². The van der Waals surface area contributed by atoms with Gasteiger partial charge in [0.1, 0.15) is 5.82 Å². The summed E-state index contributed by atoms with van der Waals surface area (Å²) in [6.45, 7) is 1.86. The zero-order chi connectivity index (χ0) is 15.8. The van der Waals surface area contributed by atoms with Gasteiger partial charge in [-0.2, -0.15) is 11.8 Å². The maximum absolute atomic E-state index is 13.7. The predicted molar refractivity (Wildman–Crippen MR) is 83.0 cm³/mol. The zero-order valence-electron chi connectivity index (χ0n) is 11.9. The summed E-state index contributed by atoms with van der Waals surface area (Å²) in [6.07, 6.45) is 5.03. The molecule has 0 saturated heterocycles. The Bertz CT molecular complexity index is 546. The Balaban J connectivity index is 2.83. The van der Waals surface area contributed by atoms with Gasteiger partial charge in [-0.05, 0) is 49.1 Å². The van der Waals surface area contributed by atoms with E-state index in [4.69, 9.17) is 5.11 Å². The second-order valence-electron chi connectivity index (χ2n) is 4.57. The number of halogens is 1. The molecule has 0 heterocycles. The molecule has 0 saturated carbocycles. The molecule has 1 aromatic carbocycles. The summed E-state index contributed by atoms with van der Waals surface area (Å²) < 4.78 is 13.7. The number of carbonyl (C=O) groups excluding carboxylic acids is 1. The number of carboxylic acid groups (broad SMARTS) is 1. The Morgan fingerprint density at radius 3 is 2.81 bits per heavy atom. The molecule has 1 rings (SSSR count). The molecule has 2 N–H and O–H groups in total. The largest absolute Gasteiger partial charge is 0.478 e. The van der Waals surface area contributed by atoms with E-state index in [-0.39, 0.29) is 11.6 Å². The Kier molecular flexibility index (Phi) is 6.94. The highest BCUT2D eigenvalue weighted by atomic mass is 32.2. The Morgan fingerprint density at radius 1 is 1.48 bits per heavy atom. The van der Waals surface area contributed by atoms with Crippen molar-refractivity contribution in [2.24, 2.45) is 0 Å². The molecular formula is C15H18FNO3S. The maximum Gasteiger partial charge on any atom is 0.328 e. The second-order valence-corrected chi connectivity index (χ2v) is 5.55. The summed E-state index contributed by atoms with van der Waals surface area (Å²) in [7, 11) is 0. The molecule has 0 spiro atoms. The smallest absolute Gasteiger partial charge is 0.328 e. The molecule has 1 amide bonds.